The molecular formula is C18H23N3O3. The Labute approximate surface area is 141 Å². The maximum Gasteiger partial charge on any atom is 0.311 e. The third-order valence-corrected chi connectivity index (χ3v) is 3.79. The molecule has 0 fully saturated rings. The van der Waals surface area contributed by atoms with Crippen molar-refractivity contribution in [2.24, 2.45) is 0 Å². The minimum atomic E-state index is -0.803. The molecule has 1 atom stereocenters. The average molecular weight is 329 g/mol. The Morgan fingerprint density at radius 3 is 2.54 bits per heavy atom. The summed E-state index contributed by atoms with van der Waals surface area (Å²) in [5.74, 6) is -0.730. The van der Waals surface area contributed by atoms with Crippen molar-refractivity contribution in [3.05, 3.63) is 47.3 Å². The highest BCUT2D eigenvalue weighted by Gasteiger charge is 2.20. The van der Waals surface area contributed by atoms with Gasteiger partial charge in [0, 0.05) is 17.8 Å². The number of amides is 1. The summed E-state index contributed by atoms with van der Waals surface area (Å²) in [4.78, 5) is 23.8. The number of ether oxygens (including phenoxy) is 1. The highest BCUT2D eigenvalue weighted by Crippen LogP contribution is 2.18. The van der Waals surface area contributed by atoms with Gasteiger partial charge in [-0.3, -0.25) is 9.59 Å². The molecule has 24 heavy (non-hydrogen) atoms. The number of likely N-dealkylation sites (N-methyl/N-ethyl adjacent to an activating group) is 1. The lowest BCUT2D eigenvalue weighted by Gasteiger charge is -2.12. The fourth-order valence-electron chi connectivity index (χ4n) is 2.51. The van der Waals surface area contributed by atoms with Crippen LogP contribution in [0.1, 0.15) is 30.8 Å². The molecule has 0 aliphatic carbocycles. The molecular weight excluding hydrogens is 306 g/mol. The highest BCUT2D eigenvalue weighted by molar-refractivity contribution is 5.84. The van der Waals surface area contributed by atoms with E-state index in [1.54, 1.807) is 6.92 Å². The van der Waals surface area contributed by atoms with Crippen LogP contribution in [0, 0.1) is 13.8 Å². The van der Waals surface area contributed by atoms with Crippen molar-refractivity contribution < 1.29 is 14.3 Å². The Kier molecular flexibility index (Phi) is 5.73. The minimum absolute atomic E-state index is 0.0915. The van der Waals surface area contributed by atoms with Gasteiger partial charge in [0.1, 0.15) is 0 Å². The number of carbonyl (C=O) groups is 2. The van der Waals surface area contributed by atoms with Gasteiger partial charge in [-0.05, 0) is 39.8 Å². The standard InChI is InChI=1S/C18H23N3O3/c1-5-19-18(23)14(4)24-17(22)11-16-12(2)20-21(13(16)3)15-9-7-6-8-10-15/h6-10,14H,5,11H2,1-4H3,(H,19,23)/t14-/m1/s1. The zero-order valence-electron chi connectivity index (χ0n) is 14.5. The van der Waals surface area contributed by atoms with E-state index in [4.69, 9.17) is 4.74 Å². The van der Waals surface area contributed by atoms with Gasteiger partial charge < -0.3 is 10.1 Å². The van der Waals surface area contributed by atoms with Gasteiger partial charge >= 0.3 is 5.97 Å². The number of carbonyl (C=O) groups excluding carboxylic acids is 2. The second-order valence-corrected chi connectivity index (χ2v) is 5.60. The largest absolute Gasteiger partial charge is 0.452 e. The second kappa shape index (κ2) is 7.77. The van der Waals surface area contributed by atoms with Gasteiger partial charge in [-0.25, -0.2) is 4.68 Å². The fraction of sp³-hybridized carbons (Fsp3) is 0.389. The Morgan fingerprint density at radius 2 is 1.92 bits per heavy atom. The predicted octanol–water partition coefficient (Wildman–Crippen LogP) is 2.10. The lowest BCUT2D eigenvalue weighted by atomic mass is 10.1. The molecule has 0 radical (unpaired) electrons. The first-order chi connectivity index (χ1) is 11.4. The SMILES string of the molecule is CCNC(=O)[C@@H](C)OC(=O)Cc1c(C)nn(-c2ccccc2)c1C. The molecule has 2 aromatic rings. The van der Waals surface area contributed by atoms with E-state index in [0.717, 1.165) is 22.6 Å². The Morgan fingerprint density at radius 1 is 1.25 bits per heavy atom. The van der Waals surface area contributed by atoms with E-state index >= 15 is 0 Å². The number of hydrogen-bond acceptors (Lipinski definition) is 4. The molecule has 0 saturated heterocycles. The molecule has 1 heterocycles. The molecule has 1 aromatic heterocycles. The molecule has 0 saturated carbocycles. The summed E-state index contributed by atoms with van der Waals surface area (Å²) in [5.41, 5.74) is 3.43. The molecule has 2 rings (SSSR count). The van der Waals surface area contributed by atoms with Crippen LogP contribution < -0.4 is 5.32 Å². The molecule has 0 spiro atoms. The van der Waals surface area contributed by atoms with Crippen molar-refractivity contribution in [3.63, 3.8) is 0 Å². The Bertz CT molecular complexity index is 723. The Hall–Kier alpha value is -2.63. The van der Waals surface area contributed by atoms with Crippen LogP contribution in [0.2, 0.25) is 0 Å². The van der Waals surface area contributed by atoms with Crippen LogP contribution in [0.4, 0.5) is 0 Å². The molecule has 0 unspecified atom stereocenters. The molecule has 0 aliphatic rings. The van der Waals surface area contributed by atoms with Crippen LogP contribution in [-0.2, 0) is 20.7 Å². The molecule has 1 amide bonds. The van der Waals surface area contributed by atoms with E-state index in [1.165, 1.54) is 0 Å². The van der Waals surface area contributed by atoms with Crippen LogP contribution in [0.15, 0.2) is 30.3 Å². The van der Waals surface area contributed by atoms with Crippen molar-refractivity contribution in [1.82, 2.24) is 15.1 Å². The number of esters is 1. The molecule has 0 aliphatic heterocycles. The average Bonchev–Trinajstić information content (AvgIpc) is 2.84. The lowest BCUT2D eigenvalue weighted by molar-refractivity contribution is -0.154. The normalized spacial score (nSPS) is 11.8. The van der Waals surface area contributed by atoms with Crippen molar-refractivity contribution in [2.45, 2.75) is 40.2 Å². The molecule has 6 heteroatoms. The predicted molar refractivity (Wildman–Crippen MR) is 91.0 cm³/mol. The summed E-state index contributed by atoms with van der Waals surface area (Å²) in [6.45, 7) is 7.67. The number of aromatic nitrogens is 2. The van der Waals surface area contributed by atoms with Gasteiger partial charge in [-0.1, -0.05) is 18.2 Å². The van der Waals surface area contributed by atoms with Gasteiger partial charge in [0.15, 0.2) is 6.10 Å². The van der Waals surface area contributed by atoms with Crippen LogP contribution in [0.5, 0.6) is 0 Å². The van der Waals surface area contributed by atoms with Crippen molar-refractivity contribution >= 4 is 11.9 Å². The van der Waals surface area contributed by atoms with Crippen molar-refractivity contribution in [2.75, 3.05) is 6.54 Å². The third-order valence-electron chi connectivity index (χ3n) is 3.79. The molecule has 1 N–H and O–H groups in total. The van der Waals surface area contributed by atoms with E-state index < -0.39 is 12.1 Å². The zero-order valence-corrected chi connectivity index (χ0v) is 14.5. The second-order valence-electron chi connectivity index (χ2n) is 5.60. The van der Waals surface area contributed by atoms with Gasteiger partial charge in [0.25, 0.3) is 5.91 Å². The van der Waals surface area contributed by atoms with E-state index in [0.29, 0.717) is 6.54 Å². The highest BCUT2D eigenvalue weighted by atomic mass is 16.5. The van der Waals surface area contributed by atoms with E-state index in [9.17, 15) is 9.59 Å². The number of nitrogens with one attached hydrogen (secondary N) is 1. The summed E-state index contributed by atoms with van der Waals surface area (Å²) in [6.07, 6.45) is -0.712. The zero-order chi connectivity index (χ0) is 17.7. The van der Waals surface area contributed by atoms with Crippen molar-refractivity contribution in [3.8, 4) is 5.69 Å². The molecule has 6 nitrogen and oxygen atoms in total. The van der Waals surface area contributed by atoms with Crippen LogP contribution in [0.3, 0.4) is 0 Å². The number of hydrogen-bond donors (Lipinski definition) is 1. The van der Waals surface area contributed by atoms with E-state index in [2.05, 4.69) is 10.4 Å². The third kappa shape index (κ3) is 4.01. The van der Waals surface area contributed by atoms with Gasteiger partial charge in [0.05, 0.1) is 17.8 Å². The van der Waals surface area contributed by atoms with Gasteiger partial charge in [0.2, 0.25) is 0 Å². The fourth-order valence-corrected chi connectivity index (χ4v) is 2.51. The van der Waals surface area contributed by atoms with Crippen LogP contribution >= 0.6 is 0 Å². The molecule has 128 valence electrons. The number of benzene rings is 1. The number of para-hydroxylation sites is 1. The monoisotopic (exact) mass is 329 g/mol. The first kappa shape index (κ1) is 17.7. The van der Waals surface area contributed by atoms with Crippen molar-refractivity contribution in [1.29, 1.82) is 0 Å². The summed E-state index contributed by atoms with van der Waals surface area (Å²) < 4.78 is 7.02. The summed E-state index contributed by atoms with van der Waals surface area (Å²) in [5, 5.41) is 7.14. The minimum Gasteiger partial charge on any atom is -0.452 e. The maximum absolute atomic E-state index is 12.1. The van der Waals surface area contributed by atoms with Gasteiger partial charge in [-0.15, -0.1) is 0 Å². The molecule has 1 aromatic carbocycles. The van der Waals surface area contributed by atoms with E-state index in [1.807, 2.05) is 55.8 Å². The Balaban J connectivity index is 2.12. The summed E-state index contributed by atoms with van der Waals surface area (Å²) in [6, 6.07) is 9.73. The quantitative estimate of drug-likeness (QED) is 0.824. The first-order valence-electron chi connectivity index (χ1n) is 8.01. The summed E-state index contributed by atoms with van der Waals surface area (Å²) >= 11 is 0. The molecule has 0 bridgehead atoms. The first-order valence-corrected chi connectivity index (χ1v) is 8.01. The van der Waals surface area contributed by atoms with Crippen LogP contribution in [-0.4, -0.2) is 34.3 Å². The van der Waals surface area contributed by atoms with Gasteiger partial charge in [-0.2, -0.15) is 5.10 Å². The number of rotatable bonds is 6. The maximum atomic E-state index is 12.1. The number of aryl methyl sites for hydroxylation is 1. The smallest absolute Gasteiger partial charge is 0.311 e. The van der Waals surface area contributed by atoms with E-state index in [-0.39, 0.29) is 12.3 Å². The lowest BCUT2D eigenvalue weighted by Crippen LogP contribution is -2.35. The number of nitrogens with zero attached hydrogens (tertiary/aromatic N) is 2. The summed E-state index contributed by atoms with van der Waals surface area (Å²) in [7, 11) is 0. The van der Waals surface area contributed by atoms with Crippen LogP contribution in [0.25, 0.3) is 5.69 Å². The topological polar surface area (TPSA) is 73.2 Å².